The van der Waals surface area contributed by atoms with Crippen LogP contribution >= 0.6 is 15.9 Å². The van der Waals surface area contributed by atoms with E-state index in [1.54, 1.807) is 12.1 Å². The van der Waals surface area contributed by atoms with Crippen LogP contribution in [0.15, 0.2) is 24.3 Å². The zero-order valence-corrected chi connectivity index (χ0v) is 11.5. The van der Waals surface area contributed by atoms with Crippen molar-refractivity contribution >= 4 is 15.9 Å². The molecule has 17 heavy (non-hydrogen) atoms. The molecule has 96 valence electrons. The molecule has 0 nitrogen and oxygen atoms in total. The van der Waals surface area contributed by atoms with E-state index in [9.17, 15) is 13.2 Å². The first-order valence-electron chi connectivity index (χ1n) is 5.56. The molecule has 1 aromatic rings. The van der Waals surface area contributed by atoms with Crippen molar-refractivity contribution in [2.24, 2.45) is 11.8 Å². The Hall–Kier alpha value is -0.510. The van der Waals surface area contributed by atoms with Crippen LogP contribution in [0.5, 0.6) is 0 Å². The number of benzene rings is 1. The molecular formula is C13H16BrF3. The van der Waals surface area contributed by atoms with Gasteiger partial charge in [-0.1, -0.05) is 41.9 Å². The summed E-state index contributed by atoms with van der Waals surface area (Å²) in [6, 6.07) is 5.45. The summed E-state index contributed by atoms with van der Waals surface area (Å²) in [6.45, 7) is 4.24. The molecule has 0 saturated carbocycles. The lowest BCUT2D eigenvalue weighted by atomic mass is 9.91. The Bertz CT molecular complexity index is 341. The fraction of sp³-hybridized carbons (Fsp3) is 0.538. The molecule has 4 heteroatoms. The second kappa shape index (κ2) is 5.89. The van der Waals surface area contributed by atoms with E-state index < -0.39 is 11.7 Å². The molecule has 0 heterocycles. The maximum atomic E-state index is 12.4. The summed E-state index contributed by atoms with van der Waals surface area (Å²) in [6.07, 6.45) is -3.44. The number of rotatable bonds is 4. The number of halogens is 4. The lowest BCUT2D eigenvalue weighted by molar-refractivity contribution is -0.137. The van der Waals surface area contributed by atoms with E-state index in [4.69, 9.17) is 0 Å². The first kappa shape index (κ1) is 14.6. The third-order valence-electron chi connectivity index (χ3n) is 2.92. The molecule has 0 fully saturated rings. The molecule has 0 radical (unpaired) electrons. The van der Waals surface area contributed by atoms with Crippen molar-refractivity contribution in [3.8, 4) is 0 Å². The Kier molecular flexibility index (Phi) is 5.04. The second-order valence-electron chi connectivity index (χ2n) is 4.56. The molecule has 0 aliphatic carbocycles. The summed E-state index contributed by atoms with van der Waals surface area (Å²) in [7, 11) is 0. The Morgan fingerprint density at radius 1 is 1.12 bits per heavy atom. The van der Waals surface area contributed by atoms with Gasteiger partial charge in [0.1, 0.15) is 0 Å². The third-order valence-corrected chi connectivity index (χ3v) is 3.75. The summed E-state index contributed by atoms with van der Waals surface area (Å²) in [5.41, 5.74) is 0.373. The summed E-state index contributed by atoms with van der Waals surface area (Å²) < 4.78 is 37.1. The van der Waals surface area contributed by atoms with Crippen LogP contribution in [0, 0.1) is 11.8 Å². The normalized spacial score (nSPS) is 14.1. The van der Waals surface area contributed by atoms with Gasteiger partial charge in [-0.3, -0.25) is 0 Å². The molecule has 0 saturated heterocycles. The summed E-state index contributed by atoms with van der Waals surface area (Å²) >= 11 is 3.44. The average Bonchev–Trinajstić information content (AvgIpc) is 2.25. The van der Waals surface area contributed by atoms with Gasteiger partial charge < -0.3 is 0 Å². The summed E-state index contributed by atoms with van der Waals surface area (Å²) in [4.78, 5) is 0. The van der Waals surface area contributed by atoms with Gasteiger partial charge in [-0.25, -0.2) is 0 Å². The van der Waals surface area contributed by atoms with E-state index in [1.807, 2.05) is 0 Å². The Labute approximate surface area is 108 Å². The van der Waals surface area contributed by atoms with Crippen molar-refractivity contribution < 1.29 is 13.2 Å². The van der Waals surface area contributed by atoms with Gasteiger partial charge in [0.25, 0.3) is 0 Å². The molecule has 0 N–H and O–H groups in total. The predicted molar refractivity (Wildman–Crippen MR) is 67.3 cm³/mol. The minimum absolute atomic E-state index is 0.451. The first-order chi connectivity index (χ1) is 7.84. The van der Waals surface area contributed by atoms with Crippen LogP contribution in [-0.2, 0) is 12.6 Å². The molecule has 0 aliphatic rings. The Morgan fingerprint density at radius 3 is 2.00 bits per heavy atom. The van der Waals surface area contributed by atoms with E-state index in [2.05, 4.69) is 29.8 Å². The summed E-state index contributed by atoms with van der Waals surface area (Å²) in [5.74, 6) is 0.961. The standard InChI is InChI=1S/C13H16BrF3/c1-9(2)11(8-14)7-10-3-5-12(6-4-10)13(15,16)17/h3-6,9,11H,7-8H2,1-2H3. The van der Waals surface area contributed by atoms with E-state index in [0.29, 0.717) is 11.8 Å². The molecule has 1 aromatic carbocycles. The quantitative estimate of drug-likeness (QED) is 0.693. The number of hydrogen-bond donors (Lipinski definition) is 0. The lowest BCUT2D eigenvalue weighted by Gasteiger charge is -2.18. The van der Waals surface area contributed by atoms with Crippen LogP contribution in [-0.4, -0.2) is 5.33 Å². The Balaban J connectivity index is 2.75. The molecule has 1 unspecified atom stereocenters. The van der Waals surface area contributed by atoms with Crippen LogP contribution in [0.25, 0.3) is 0 Å². The minimum Gasteiger partial charge on any atom is -0.166 e. The highest BCUT2D eigenvalue weighted by Crippen LogP contribution is 2.29. The van der Waals surface area contributed by atoms with E-state index in [0.717, 1.165) is 29.4 Å². The SMILES string of the molecule is CC(C)C(CBr)Cc1ccc(C(F)(F)F)cc1. The van der Waals surface area contributed by atoms with Crippen molar-refractivity contribution in [1.82, 2.24) is 0 Å². The molecule has 0 aromatic heterocycles. The van der Waals surface area contributed by atoms with E-state index >= 15 is 0 Å². The van der Waals surface area contributed by atoms with Crippen molar-refractivity contribution in [2.75, 3.05) is 5.33 Å². The molecule has 0 aliphatic heterocycles. The van der Waals surface area contributed by atoms with Gasteiger partial charge in [0.15, 0.2) is 0 Å². The van der Waals surface area contributed by atoms with Crippen molar-refractivity contribution in [3.63, 3.8) is 0 Å². The molecule has 1 atom stereocenters. The highest BCUT2D eigenvalue weighted by molar-refractivity contribution is 9.09. The highest BCUT2D eigenvalue weighted by atomic mass is 79.9. The van der Waals surface area contributed by atoms with Gasteiger partial charge in [-0.2, -0.15) is 13.2 Å². The fourth-order valence-corrected chi connectivity index (χ4v) is 2.58. The van der Waals surface area contributed by atoms with Gasteiger partial charge in [0, 0.05) is 5.33 Å². The lowest BCUT2D eigenvalue weighted by Crippen LogP contribution is -2.13. The zero-order chi connectivity index (χ0) is 13.1. The molecule has 0 spiro atoms. The molecular weight excluding hydrogens is 293 g/mol. The van der Waals surface area contributed by atoms with Crippen LogP contribution in [0.3, 0.4) is 0 Å². The smallest absolute Gasteiger partial charge is 0.166 e. The molecule has 0 bridgehead atoms. The van der Waals surface area contributed by atoms with Crippen LogP contribution < -0.4 is 0 Å². The van der Waals surface area contributed by atoms with Crippen molar-refractivity contribution in [2.45, 2.75) is 26.4 Å². The first-order valence-corrected chi connectivity index (χ1v) is 6.69. The molecule has 1 rings (SSSR count). The Morgan fingerprint density at radius 2 is 1.65 bits per heavy atom. The van der Waals surface area contributed by atoms with Crippen molar-refractivity contribution in [1.29, 1.82) is 0 Å². The minimum atomic E-state index is -4.24. The number of alkyl halides is 4. The van der Waals surface area contributed by atoms with Gasteiger partial charge in [-0.15, -0.1) is 0 Å². The summed E-state index contributed by atoms with van der Waals surface area (Å²) in [5, 5.41) is 0.867. The maximum absolute atomic E-state index is 12.4. The monoisotopic (exact) mass is 308 g/mol. The number of hydrogen-bond acceptors (Lipinski definition) is 0. The van der Waals surface area contributed by atoms with Gasteiger partial charge in [-0.05, 0) is 36.0 Å². The van der Waals surface area contributed by atoms with E-state index in [-0.39, 0.29) is 0 Å². The maximum Gasteiger partial charge on any atom is 0.416 e. The highest BCUT2D eigenvalue weighted by Gasteiger charge is 2.30. The van der Waals surface area contributed by atoms with Gasteiger partial charge >= 0.3 is 6.18 Å². The third kappa shape index (κ3) is 4.34. The average molecular weight is 309 g/mol. The molecule has 0 amide bonds. The largest absolute Gasteiger partial charge is 0.416 e. The zero-order valence-electron chi connectivity index (χ0n) is 9.89. The van der Waals surface area contributed by atoms with Gasteiger partial charge in [0.2, 0.25) is 0 Å². The fourth-order valence-electron chi connectivity index (χ4n) is 1.60. The van der Waals surface area contributed by atoms with Crippen LogP contribution in [0.1, 0.15) is 25.0 Å². The van der Waals surface area contributed by atoms with Crippen LogP contribution in [0.4, 0.5) is 13.2 Å². The van der Waals surface area contributed by atoms with Gasteiger partial charge in [0.05, 0.1) is 5.56 Å². The van der Waals surface area contributed by atoms with E-state index in [1.165, 1.54) is 0 Å². The second-order valence-corrected chi connectivity index (χ2v) is 5.20. The topological polar surface area (TPSA) is 0 Å². The van der Waals surface area contributed by atoms with Crippen molar-refractivity contribution in [3.05, 3.63) is 35.4 Å². The predicted octanol–water partition coefficient (Wildman–Crippen LogP) is 4.92. The van der Waals surface area contributed by atoms with Crippen LogP contribution in [0.2, 0.25) is 0 Å².